The van der Waals surface area contributed by atoms with Gasteiger partial charge in [0.2, 0.25) is 5.91 Å². The molecule has 2 fully saturated rings. The molecule has 1 heterocycles. The number of amides is 1. The van der Waals surface area contributed by atoms with E-state index < -0.39 is 5.54 Å². The standard InChI is InChI=1S/C14H27N3O/c1-14(13(15)18,16-12-7-8-12)11-17-9-5-3-2-4-6-10-17/h12,16H,2-11H2,1H3,(H2,15,18). The SMILES string of the molecule is CC(CN1CCCCCCC1)(NC1CC1)C(N)=O. The third-order valence-corrected chi connectivity index (χ3v) is 4.13. The summed E-state index contributed by atoms with van der Waals surface area (Å²) in [6, 6.07) is 0.511. The van der Waals surface area contributed by atoms with E-state index in [0.717, 1.165) is 19.6 Å². The molecule has 1 atom stereocenters. The van der Waals surface area contributed by atoms with Crippen LogP contribution in [-0.4, -0.2) is 42.0 Å². The van der Waals surface area contributed by atoms with Crippen molar-refractivity contribution in [2.45, 2.75) is 63.5 Å². The summed E-state index contributed by atoms with van der Waals surface area (Å²) in [4.78, 5) is 14.2. The molecule has 3 N–H and O–H groups in total. The number of carbonyl (C=O) groups is 1. The van der Waals surface area contributed by atoms with E-state index in [1.54, 1.807) is 0 Å². The Morgan fingerprint density at radius 2 is 1.78 bits per heavy atom. The van der Waals surface area contributed by atoms with Gasteiger partial charge in [-0.3, -0.25) is 10.1 Å². The van der Waals surface area contributed by atoms with Gasteiger partial charge < -0.3 is 10.6 Å². The highest BCUT2D eigenvalue weighted by Crippen LogP contribution is 2.23. The van der Waals surface area contributed by atoms with E-state index in [-0.39, 0.29) is 5.91 Å². The minimum absolute atomic E-state index is 0.212. The Kier molecular flexibility index (Phi) is 4.62. The van der Waals surface area contributed by atoms with E-state index in [1.165, 1.54) is 44.9 Å². The summed E-state index contributed by atoms with van der Waals surface area (Å²) in [5.74, 6) is -0.212. The van der Waals surface area contributed by atoms with Crippen molar-refractivity contribution in [3.8, 4) is 0 Å². The average Bonchev–Trinajstić information content (AvgIpc) is 3.05. The van der Waals surface area contributed by atoms with Gasteiger partial charge in [-0.1, -0.05) is 19.3 Å². The van der Waals surface area contributed by atoms with Crippen LogP contribution in [0.15, 0.2) is 0 Å². The van der Waals surface area contributed by atoms with Crippen molar-refractivity contribution < 1.29 is 4.79 Å². The number of rotatable bonds is 5. The van der Waals surface area contributed by atoms with Gasteiger partial charge in [0.25, 0.3) is 0 Å². The first-order valence-corrected chi connectivity index (χ1v) is 7.40. The van der Waals surface area contributed by atoms with Crippen LogP contribution in [0.1, 0.15) is 51.9 Å². The monoisotopic (exact) mass is 253 g/mol. The van der Waals surface area contributed by atoms with E-state index in [4.69, 9.17) is 5.73 Å². The molecule has 18 heavy (non-hydrogen) atoms. The molecule has 4 heteroatoms. The molecule has 0 spiro atoms. The maximum atomic E-state index is 11.7. The van der Waals surface area contributed by atoms with Gasteiger partial charge in [0.05, 0.1) is 0 Å². The van der Waals surface area contributed by atoms with Crippen molar-refractivity contribution >= 4 is 5.91 Å². The Labute approximate surface area is 110 Å². The van der Waals surface area contributed by atoms with E-state index in [9.17, 15) is 4.79 Å². The lowest BCUT2D eigenvalue weighted by atomic mass is 9.99. The van der Waals surface area contributed by atoms with Crippen molar-refractivity contribution in [2.24, 2.45) is 5.73 Å². The molecule has 104 valence electrons. The molecule has 4 nitrogen and oxygen atoms in total. The Morgan fingerprint density at radius 3 is 2.28 bits per heavy atom. The summed E-state index contributed by atoms with van der Waals surface area (Å²) in [7, 11) is 0. The lowest BCUT2D eigenvalue weighted by molar-refractivity contribution is -0.124. The molecule has 1 aliphatic heterocycles. The van der Waals surface area contributed by atoms with Crippen molar-refractivity contribution in [2.75, 3.05) is 19.6 Å². The third-order valence-electron chi connectivity index (χ3n) is 4.13. The molecule has 2 rings (SSSR count). The molecule has 0 aromatic carbocycles. The van der Waals surface area contributed by atoms with Crippen LogP contribution in [0.2, 0.25) is 0 Å². The molecule has 2 aliphatic rings. The van der Waals surface area contributed by atoms with E-state index in [2.05, 4.69) is 10.2 Å². The number of nitrogens with zero attached hydrogens (tertiary/aromatic N) is 1. The van der Waals surface area contributed by atoms with Crippen LogP contribution in [0, 0.1) is 0 Å². The summed E-state index contributed by atoms with van der Waals surface area (Å²) >= 11 is 0. The second-order valence-corrected chi connectivity index (χ2v) is 6.16. The highest BCUT2D eigenvalue weighted by molar-refractivity contribution is 5.84. The predicted molar refractivity (Wildman–Crippen MR) is 73.3 cm³/mol. The summed E-state index contributed by atoms with van der Waals surface area (Å²) in [6.45, 7) is 4.94. The Bertz CT molecular complexity index is 283. The first-order valence-electron chi connectivity index (χ1n) is 7.40. The molecule has 1 saturated heterocycles. The largest absolute Gasteiger partial charge is 0.368 e. The number of nitrogens with one attached hydrogen (secondary N) is 1. The first kappa shape index (κ1) is 13.8. The minimum atomic E-state index is -0.555. The van der Waals surface area contributed by atoms with Crippen LogP contribution in [0.4, 0.5) is 0 Å². The van der Waals surface area contributed by atoms with Gasteiger partial charge >= 0.3 is 0 Å². The number of nitrogens with two attached hydrogens (primary N) is 1. The van der Waals surface area contributed by atoms with Crippen molar-refractivity contribution in [3.05, 3.63) is 0 Å². The van der Waals surface area contributed by atoms with Crippen LogP contribution in [0.25, 0.3) is 0 Å². The van der Waals surface area contributed by atoms with E-state index in [0.29, 0.717) is 6.04 Å². The fourth-order valence-electron chi connectivity index (χ4n) is 2.79. The molecule has 1 unspecified atom stereocenters. The van der Waals surface area contributed by atoms with Gasteiger partial charge in [-0.15, -0.1) is 0 Å². The summed E-state index contributed by atoms with van der Waals surface area (Å²) in [5, 5.41) is 3.43. The highest BCUT2D eigenvalue weighted by Gasteiger charge is 2.38. The quantitative estimate of drug-likeness (QED) is 0.775. The fraction of sp³-hybridized carbons (Fsp3) is 0.929. The number of hydrogen-bond donors (Lipinski definition) is 2. The van der Waals surface area contributed by atoms with Gasteiger partial charge in [-0.05, 0) is 45.7 Å². The Balaban J connectivity index is 1.91. The lowest BCUT2D eigenvalue weighted by Gasteiger charge is -2.35. The summed E-state index contributed by atoms with van der Waals surface area (Å²) in [5.41, 5.74) is 5.05. The zero-order valence-electron chi connectivity index (χ0n) is 11.6. The molecule has 0 bridgehead atoms. The Morgan fingerprint density at radius 1 is 1.22 bits per heavy atom. The van der Waals surface area contributed by atoms with Crippen molar-refractivity contribution in [1.29, 1.82) is 0 Å². The van der Waals surface area contributed by atoms with Gasteiger partial charge in [-0.2, -0.15) is 0 Å². The van der Waals surface area contributed by atoms with Gasteiger partial charge in [0.15, 0.2) is 0 Å². The lowest BCUT2D eigenvalue weighted by Crippen LogP contribution is -2.60. The molecular formula is C14H27N3O. The molecule has 0 aromatic heterocycles. The van der Waals surface area contributed by atoms with Crippen LogP contribution >= 0.6 is 0 Å². The van der Waals surface area contributed by atoms with Crippen LogP contribution in [-0.2, 0) is 4.79 Å². The topological polar surface area (TPSA) is 58.4 Å². The molecule has 1 aliphatic carbocycles. The number of likely N-dealkylation sites (tertiary alicyclic amines) is 1. The normalized spacial score (nSPS) is 26.1. The van der Waals surface area contributed by atoms with E-state index in [1.807, 2.05) is 6.92 Å². The van der Waals surface area contributed by atoms with E-state index >= 15 is 0 Å². The van der Waals surface area contributed by atoms with Crippen LogP contribution in [0.3, 0.4) is 0 Å². The smallest absolute Gasteiger partial charge is 0.238 e. The van der Waals surface area contributed by atoms with Gasteiger partial charge in [0, 0.05) is 12.6 Å². The second-order valence-electron chi connectivity index (χ2n) is 6.16. The summed E-state index contributed by atoms with van der Waals surface area (Å²) in [6.07, 6.45) is 8.86. The second kappa shape index (κ2) is 6.02. The third kappa shape index (κ3) is 3.95. The number of primary amides is 1. The summed E-state index contributed by atoms with van der Waals surface area (Å²) < 4.78 is 0. The number of hydrogen-bond acceptors (Lipinski definition) is 3. The zero-order chi connectivity index (χ0) is 13.0. The zero-order valence-corrected chi connectivity index (χ0v) is 11.6. The molecule has 0 aromatic rings. The van der Waals surface area contributed by atoms with Gasteiger partial charge in [-0.25, -0.2) is 0 Å². The van der Waals surface area contributed by atoms with Crippen molar-refractivity contribution in [1.82, 2.24) is 10.2 Å². The number of carbonyl (C=O) groups excluding carboxylic acids is 1. The van der Waals surface area contributed by atoms with Gasteiger partial charge in [0.1, 0.15) is 5.54 Å². The molecule has 1 saturated carbocycles. The van der Waals surface area contributed by atoms with Crippen LogP contribution < -0.4 is 11.1 Å². The molecule has 0 radical (unpaired) electrons. The maximum Gasteiger partial charge on any atom is 0.238 e. The fourth-order valence-corrected chi connectivity index (χ4v) is 2.79. The highest BCUT2D eigenvalue weighted by atomic mass is 16.1. The van der Waals surface area contributed by atoms with Crippen LogP contribution in [0.5, 0.6) is 0 Å². The average molecular weight is 253 g/mol. The first-order chi connectivity index (χ1) is 8.60. The predicted octanol–water partition coefficient (Wildman–Crippen LogP) is 1.25. The van der Waals surface area contributed by atoms with Crippen molar-refractivity contribution in [3.63, 3.8) is 0 Å². The Hall–Kier alpha value is -0.610. The molecular weight excluding hydrogens is 226 g/mol. The maximum absolute atomic E-state index is 11.7. The minimum Gasteiger partial charge on any atom is -0.368 e. The molecule has 1 amide bonds.